The van der Waals surface area contributed by atoms with E-state index in [-0.39, 0.29) is 12.2 Å². The van der Waals surface area contributed by atoms with Crippen molar-refractivity contribution >= 4 is 21.9 Å². The number of nitrogens with one attached hydrogen (secondary N) is 1. The fourth-order valence-electron chi connectivity index (χ4n) is 1.37. The number of carbonyl (C=O) groups is 1. The molecule has 22 heavy (non-hydrogen) atoms. The molecule has 0 radical (unpaired) electrons. The lowest BCUT2D eigenvalue weighted by Gasteiger charge is -2.18. The molecule has 1 rings (SSSR count). The minimum atomic E-state index is -4.99. The van der Waals surface area contributed by atoms with Gasteiger partial charge in [0.2, 0.25) is 0 Å². The molecule has 1 aromatic rings. The van der Waals surface area contributed by atoms with E-state index >= 15 is 0 Å². The lowest BCUT2D eigenvalue weighted by molar-refractivity contribution is -0.274. The zero-order chi connectivity index (χ0) is 17.1. The van der Waals surface area contributed by atoms with Gasteiger partial charge >= 0.3 is 22.5 Å². The number of nitrogens with zero attached hydrogens (tertiary/aromatic N) is 1. The Morgan fingerprint density at radius 1 is 1.41 bits per heavy atom. The second-order valence-electron chi connectivity index (χ2n) is 4.08. The normalized spacial score (nSPS) is 12.3. The average molecular weight is 342 g/mol. The summed E-state index contributed by atoms with van der Waals surface area (Å²) in [4.78, 5) is 11.1. The van der Waals surface area contributed by atoms with Gasteiger partial charge < -0.3 is 9.84 Å². The molecule has 0 aliphatic carbocycles. The first-order chi connectivity index (χ1) is 9.96. The Hall–Kier alpha value is -2.01. The number of rotatable bonds is 6. The predicted octanol–water partition coefficient (Wildman–Crippen LogP) is 1.89. The highest BCUT2D eigenvalue weighted by Crippen LogP contribution is 2.28. The van der Waals surface area contributed by atoms with Crippen LogP contribution in [0.4, 0.5) is 18.9 Å². The van der Waals surface area contributed by atoms with Gasteiger partial charge in [-0.25, -0.2) is 4.79 Å². The zero-order valence-corrected chi connectivity index (χ0v) is 12.3. The molecule has 0 atom stereocenters. The SMILES string of the molecule is CCN(C)S(=O)(=O)Nc1ccc(OC(F)(F)F)cc1C(=O)O. The largest absolute Gasteiger partial charge is 0.573 e. The molecule has 124 valence electrons. The van der Waals surface area contributed by atoms with Gasteiger partial charge in [0.05, 0.1) is 11.3 Å². The number of hydrogen-bond acceptors (Lipinski definition) is 4. The van der Waals surface area contributed by atoms with Crippen molar-refractivity contribution in [3.8, 4) is 5.75 Å². The molecule has 0 aromatic heterocycles. The number of hydrogen-bond donors (Lipinski definition) is 2. The summed E-state index contributed by atoms with van der Waals surface area (Å²) in [6, 6.07) is 2.27. The summed E-state index contributed by atoms with van der Waals surface area (Å²) in [6.45, 7) is 1.67. The zero-order valence-electron chi connectivity index (χ0n) is 11.5. The quantitative estimate of drug-likeness (QED) is 0.823. The summed E-state index contributed by atoms with van der Waals surface area (Å²) in [5.41, 5.74) is -1.04. The molecule has 11 heteroatoms. The lowest BCUT2D eigenvalue weighted by atomic mass is 10.2. The summed E-state index contributed by atoms with van der Waals surface area (Å²) >= 11 is 0. The molecule has 0 bridgehead atoms. The number of anilines is 1. The highest BCUT2D eigenvalue weighted by molar-refractivity contribution is 7.90. The molecular formula is C11H13F3N2O5S. The van der Waals surface area contributed by atoms with E-state index in [0.717, 1.165) is 16.4 Å². The van der Waals surface area contributed by atoms with E-state index in [1.807, 2.05) is 4.72 Å². The molecule has 7 nitrogen and oxygen atoms in total. The van der Waals surface area contributed by atoms with Crippen molar-refractivity contribution in [3.05, 3.63) is 23.8 Å². The lowest BCUT2D eigenvalue weighted by Crippen LogP contribution is -2.32. The molecule has 0 spiro atoms. The van der Waals surface area contributed by atoms with Crippen molar-refractivity contribution in [1.82, 2.24) is 4.31 Å². The first kappa shape index (κ1) is 18.0. The first-order valence-electron chi connectivity index (χ1n) is 5.83. The molecule has 0 amide bonds. The molecule has 0 saturated carbocycles. The van der Waals surface area contributed by atoms with Crippen molar-refractivity contribution in [2.45, 2.75) is 13.3 Å². The number of halogens is 3. The number of aromatic carboxylic acids is 1. The van der Waals surface area contributed by atoms with Gasteiger partial charge in [-0.15, -0.1) is 13.2 Å². The van der Waals surface area contributed by atoms with Crippen LogP contribution >= 0.6 is 0 Å². The summed E-state index contributed by atoms with van der Waals surface area (Å²) in [6.07, 6.45) is -4.99. The maximum atomic E-state index is 12.1. The van der Waals surface area contributed by atoms with E-state index in [1.54, 1.807) is 6.92 Å². The molecule has 0 saturated heterocycles. The maximum absolute atomic E-state index is 12.1. The van der Waals surface area contributed by atoms with Crippen LogP contribution in [0.3, 0.4) is 0 Å². The van der Waals surface area contributed by atoms with E-state index in [2.05, 4.69) is 4.74 Å². The smallest absolute Gasteiger partial charge is 0.478 e. The summed E-state index contributed by atoms with van der Waals surface area (Å²) in [7, 11) is -2.76. The van der Waals surface area contributed by atoms with Gasteiger partial charge in [0.25, 0.3) is 0 Å². The molecule has 2 N–H and O–H groups in total. The van der Waals surface area contributed by atoms with Crippen molar-refractivity contribution in [2.24, 2.45) is 0 Å². The van der Waals surface area contributed by atoms with E-state index in [9.17, 15) is 26.4 Å². The summed E-state index contributed by atoms with van der Waals surface area (Å²) < 4.78 is 66.5. The monoisotopic (exact) mass is 342 g/mol. The number of ether oxygens (including phenoxy) is 1. The third kappa shape index (κ3) is 4.77. The molecule has 0 aliphatic rings. The second-order valence-corrected chi connectivity index (χ2v) is 5.86. The van der Waals surface area contributed by atoms with Gasteiger partial charge in [0.1, 0.15) is 5.75 Å². The van der Waals surface area contributed by atoms with Gasteiger partial charge in [-0.2, -0.15) is 12.7 Å². The van der Waals surface area contributed by atoms with Crippen LogP contribution in [-0.2, 0) is 10.2 Å². The molecule has 0 unspecified atom stereocenters. The van der Waals surface area contributed by atoms with E-state index < -0.39 is 33.9 Å². The number of carboxylic acids is 1. The Kier molecular flexibility index (Phi) is 5.25. The van der Waals surface area contributed by atoms with Crippen LogP contribution in [0, 0.1) is 0 Å². The van der Waals surface area contributed by atoms with Crippen LogP contribution in [0.25, 0.3) is 0 Å². The minimum absolute atomic E-state index is 0.118. The van der Waals surface area contributed by atoms with Gasteiger partial charge in [-0.1, -0.05) is 6.92 Å². The maximum Gasteiger partial charge on any atom is 0.573 e. The standard InChI is InChI=1S/C11H13F3N2O5S/c1-3-16(2)22(19,20)15-9-5-4-7(21-11(12,13)14)6-8(9)10(17)18/h4-6,15H,3H2,1-2H3,(H,17,18). The van der Waals surface area contributed by atoms with Crippen LogP contribution in [0.1, 0.15) is 17.3 Å². The molecule has 0 heterocycles. The predicted molar refractivity (Wildman–Crippen MR) is 70.9 cm³/mol. The first-order valence-corrected chi connectivity index (χ1v) is 7.27. The number of benzene rings is 1. The highest BCUT2D eigenvalue weighted by atomic mass is 32.2. The Bertz CT molecular complexity index is 660. The highest BCUT2D eigenvalue weighted by Gasteiger charge is 2.31. The number of carboxylic acid groups (broad SMARTS) is 1. The van der Waals surface area contributed by atoms with Crippen molar-refractivity contribution in [2.75, 3.05) is 18.3 Å². The van der Waals surface area contributed by atoms with Crippen LogP contribution in [0.2, 0.25) is 0 Å². The van der Waals surface area contributed by atoms with Crippen molar-refractivity contribution < 1.29 is 36.2 Å². The second kappa shape index (κ2) is 6.40. The van der Waals surface area contributed by atoms with E-state index in [0.29, 0.717) is 6.07 Å². The average Bonchev–Trinajstić information content (AvgIpc) is 2.37. The Morgan fingerprint density at radius 3 is 2.45 bits per heavy atom. The van der Waals surface area contributed by atoms with Gasteiger partial charge in [-0.3, -0.25) is 4.72 Å². The fraction of sp³-hybridized carbons (Fsp3) is 0.364. The van der Waals surface area contributed by atoms with Crippen LogP contribution in [0.5, 0.6) is 5.75 Å². The summed E-state index contributed by atoms with van der Waals surface area (Å²) in [5, 5.41) is 9.00. The van der Waals surface area contributed by atoms with Crippen LogP contribution in [-0.4, -0.2) is 43.8 Å². The number of alkyl halides is 3. The molecule has 0 aliphatic heterocycles. The Balaban J connectivity index is 3.19. The minimum Gasteiger partial charge on any atom is -0.478 e. The molecule has 0 fully saturated rings. The Morgan fingerprint density at radius 2 is 2.00 bits per heavy atom. The van der Waals surface area contributed by atoms with Gasteiger partial charge in [0.15, 0.2) is 0 Å². The van der Waals surface area contributed by atoms with Crippen LogP contribution < -0.4 is 9.46 Å². The third-order valence-electron chi connectivity index (χ3n) is 2.55. The molecule has 1 aromatic carbocycles. The van der Waals surface area contributed by atoms with Crippen LogP contribution in [0.15, 0.2) is 18.2 Å². The van der Waals surface area contributed by atoms with Crippen molar-refractivity contribution in [1.29, 1.82) is 0 Å². The summed E-state index contributed by atoms with van der Waals surface area (Å²) in [5.74, 6) is -2.37. The van der Waals surface area contributed by atoms with Crippen molar-refractivity contribution in [3.63, 3.8) is 0 Å². The van der Waals surface area contributed by atoms with Gasteiger partial charge in [0, 0.05) is 13.6 Å². The van der Waals surface area contributed by atoms with E-state index in [4.69, 9.17) is 5.11 Å². The molecular weight excluding hydrogens is 329 g/mol. The fourth-order valence-corrected chi connectivity index (χ4v) is 2.32. The Labute approximate surface area is 124 Å². The topological polar surface area (TPSA) is 95.9 Å². The van der Waals surface area contributed by atoms with E-state index in [1.165, 1.54) is 7.05 Å². The van der Waals surface area contributed by atoms with Gasteiger partial charge in [-0.05, 0) is 18.2 Å². The third-order valence-corrected chi connectivity index (χ3v) is 4.11.